The van der Waals surface area contributed by atoms with Gasteiger partial charge < -0.3 is 16.0 Å². The maximum absolute atomic E-state index is 11.3. The third kappa shape index (κ3) is 4.60. The monoisotopic (exact) mass is 317 g/mol. The molecule has 116 valence electrons. The average Bonchev–Trinajstić information content (AvgIpc) is 2.59. The van der Waals surface area contributed by atoms with Gasteiger partial charge in [0, 0.05) is 18.6 Å². The Balaban J connectivity index is 2.38. The fourth-order valence-corrected chi connectivity index (χ4v) is 4.38. The molecule has 0 bridgehead atoms. The topological polar surface area (TPSA) is 58.4 Å². The molecule has 0 saturated carbocycles. The molecule has 1 aliphatic heterocycles. The molecule has 1 fully saturated rings. The lowest BCUT2D eigenvalue weighted by Crippen LogP contribution is -2.37. The standard InChI is InChI=1S/C14H27N3OS2/c1-10(16-12(19)8-15)5-6-20-13-7-14(3,4)11(2)17(13)9-18/h9-11,13H,5-8,15H2,1-4H3,(H,16,19)/t10-,11-,13?/m1/s1. The number of carbonyl (C=O) groups excluding carboxylic acids is 1. The Morgan fingerprint density at radius 3 is 2.85 bits per heavy atom. The number of thioether (sulfide) groups is 1. The van der Waals surface area contributed by atoms with Crippen molar-refractivity contribution < 1.29 is 4.79 Å². The summed E-state index contributed by atoms with van der Waals surface area (Å²) >= 11 is 6.94. The number of carbonyl (C=O) groups is 1. The van der Waals surface area contributed by atoms with Gasteiger partial charge in [-0.25, -0.2) is 0 Å². The van der Waals surface area contributed by atoms with E-state index >= 15 is 0 Å². The summed E-state index contributed by atoms with van der Waals surface area (Å²) < 4.78 is 0. The molecule has 1 aliphatic rings. The van der Waals surface area contributed by atoms with E-state index < -0.39 is 0 Å². The molecule has 1 rings (SSSR count). The second-order valence-corrected chi connectivity index (χ2v) is 7.99. The van der Waals surface area contributed by atoms with Crippen LogP contribution in [-0.4, -0.2) is 46.1 Å². The van der Waals surface area contributed by atoms with Crippen molar-refractivity contribution in [1.29, 1.82) is 0 Å². The lowest BCUT2D eigenvalue weighted by Gasteiger charge is -2.27. The third-order valence-electron chi connectivity index (χ3n) is 4.19. The predicted octanol–water partition coefficient (Wildman–Crippen LogP) is 1.98. The molecule has 20 heavy (non-hydrogen) atoms. The zero-order valence-corrected chi connectivity index (χ0v) is 14.5. The summed E-state index contributed by atoms with van der Waals surface area (Å²) in [5.41, 5.74) is 5.67. The van der Waals surface area contributed by atoms with Gasteiger partial charge in [0.1, 0.15) is 0 Å². The quantitative estimate of drug-likeness (QED) is 0.555. The summed E-state index contributed by atoms with van der Waals surface area (Å²) in [4.78, 5) is 13.9. The van der Waals surface area contributed by atoms with E-state index in [0.717, 1.165) is 25.0 Å². The Morgan fingerprint density at radius 1 is 1.65 bits per heavy atom. The third-order valence-corrected chi connectivity index (χ3v) is 5.74. The maximum atomic E-state index is 11.3. The Kier molecular flexibility index (Phi) is 6.75. The molecule has 1 heterocycles. The minimum absolute atomic E-state index is 0.198. The molecule has 0 aliphatic carbocycles. The van der Waals surface area contributed by atoms with Gasteiger partial charge in [-0.15, -0.1) is 11.8 Å². The summed E-state index contributed by atoms with van der Waals surface area (Å²) in [6.07, 6.45) is 3.08. The first kappa shape index (κ1) is 17.7. The number of hydrogen-bond acceptors (Lipinski definition) is 4. The highest BCUT2D eigenvalue weighted by Crippen LogP contribution is 2.43. The molecular weight excluding hydrogens is 290 g/mol. The fourth-order valence-electron chi connectivity index (χ4n) is 2.47. The first-order valence-electron chi connectivity index (χ1n) is 7.15. The Labute approximate surface area is 132 Å². The number of amides is 1. The van der Waals surface area contributed by atoms with Crippen LogP contribution >= 0.6 is 24.0 Å². The first-order chi connectivity index (χ1) is 9.31. The predicted molar refractivity (Wildman–Crippen MR) is 90.9 cm³/mol. The zero-order chi connectivity index (χ0) is 15.3. The van der Waals surface area contributed by atoms with E-state index in [4.69, 9.17) is 18.0 Å². The van der Waals surface area contributed by atoms with Crippen molar-refractivity contribution in [3.8, 4) is 0 Å². The summed E-state index contributed by atoms with van der Waals surface area (Å²) in [5, 5.41) is 3.51. The van der Waals surface area contributed by atoms with Crippen LogP contribution in [0.1, 0.15) is 40.5 Å². The van der Waals surface area contributed by atoms with Crippen LogP contribution in [0.2, 0.25) is 0 Å². The Morgan fingerprint density at radius 2 is 2.30 bits per heavy atom. The molecule has 4 nitrogen and oxygen atoms in total. The van der Waals surface area contributed by atoms with Gasteiger partial charge in [-0.3, -0.25) is 4.79 Å². The number of nitrogens with one attached hydrogen (secondary N) is 1. The molecule has 0 spiro atoms. The van der Waals surface area contributed by atoms with Crippen molar-refractivity contribution in [1.82, 2.24) is 10.2 Å². The molecule has 3 atom stereocenters. The molecule has 6 heteroatoms. The Bertz CT molecular complexity index is 349. The van der Waals surface area contributed by atoms with E-state index in [1.54, 1.807) is 0 Å². The van der Waals surface area contributed by atoms with Crippen molar-refractivity contribution >= 4 is 35.4 Å². The second-order valence-electron chi connectivity index (χ2n) is 6.21. The number of nitrogens with two attached hydrogens (primary N) is 1. The average molecular weight is 318 g/mol. The van der Waals surface area contributed by atoms with Gasteiger partial charge in [0.2, 0.25) is 6.41 Å². The van der Waals surface area contributed by atoms with Gasteiger partial charge in [-0.1, -0.05) is 26.1 Å². The van der Waals surface area contributed by atoms with Crippen LogP contribution in [0.15, 0.2) is 0 Å². The SMILES string of the molecule is C[C@H](CCSC1CC(C)(C)[C@@H](C)N1C=O)NC(=S)CN. The lowest BCUT2D eigenvalue weighted by molar-refractivity contribution is -0.119. The van der Waals surface area contributed by atoms with E-state index in [1.807, 2.05) is 16.7 Å². The molecule has 1 amide bonds. The number of nitrogens with zero attached hydrogens (tertiary/aromatic N) is 1. The Hall–Kier alpha value is -0.330. The van der Waals surface area contributed by atoms with Gasteiger partial charge in [0.05, 0.1) is 10.4 Å². The molecular formula is C14H27N3OS2. The highest BCUT2D eigenvalue weighted by Gasteiger charge is 2.43. The minimum atomic E-state index is 0.198. The van der Waals surface area contributed by atoms with Crippen LogP contribution in [0.5, 0.6) is 0 Å². The summed E-state index contributed by atoms with van der Waals surface area (Å²) in [6.45, 7) is 9.12. The van der Waals surface area contributed by atoms with Crippen LogP contribution in [0, 0.1) is 5.41 Å². The van der Waals surface area contributed by atoms with Crippen LogP contribution in [0.4, 0.5) is 0 Å². The lowest BCUT2D eigenvalue weighted by atomic mass is 9.86. The van der Waals surface area contributed by atoms with E-state index in [0.29, 0.717) is 29.0 Å². The van der Waals surface area contributed by atoms with Crippen molar-refractivity contribution in [2.75, 3.05) is 12.3 Å². The highest BCUT2D eigenvalue weighted by molar-refractivity contribution is 7.99. The first-order valence-corrected chi connectivity index (χ1v) is 8.61. The van der Waals surface area contributed by atoms with Gasteiger partial charge in [0.15, 0.2) is 0 Å². The summed E-state index contributed by atoms with van der Waals surface area (Å²) in [6, 6.07) is 0.632. The normalized spacial score (nSPS) is 26.4. The molecule has 1 unspecified atom stereocenters. The van der Waals surface area contributed by atoms with E-state index in [9.17, 15) is 4.79 Å². The zero-order valence-electron chi connectivity index (χ0n) is 12.9. The molecule has 0 radical (unpaired) electrons. The summed E-state index contributed by atoms with van der Waals surface area (Å²) in [5.74, 6) is 1.01. The molecule has 0 aromatic rings. The number of thiocarbonyl (C=S) groups is 1. The van der Waals surface area contributed by atoms with E-state index in [2.05, 4.69) is 33.0 Å². The molecule has 3 N–H and O–H groups in total. The van der Waals surface area contributed by atoms with Crippen LogP contribution in [0.25, 0.3) is 0 Å². The molecule has 0 aromatic heterocycles. The number of hydrogen-bond donors (Lipinski definition) is 2. The highest BCUT2D eigenvalue weighted by atomic mass is 32.2. The number of likely N-dealkylation sites (tertiary alicyclic amines) is 1. The smallest absolute Gasteiger partial charge is 0.210 e. The van der Waals surface area contributed by atoms with Gasteiger partial charge >= 0.3 is 0 Å². The van der Waals surface area contributed by atoms with Crippen molar-refractivity contribution in [2.45, 2.75) is 58.0 Å². The van der Waals surface area contributed by atoms with Gasteiger partial charge in [-0.2, -0.15) is 0 Å². The van der Waals surface area contributed by atoms with Crippen molar-refractivity contribution in [3.63, 3.8) is 0 Å². The van der Waals surface area contributed by atoms with Crippen LogP contribution in [0.3, 0.4) is 0 Å². The van der Waals surface area contributed by atoms with E-state index in [-0.39, 0.29) is 5.41 Å². The largest absolute Gasteiger partial charge is 0.376 e. The van der Waals surface area contributed by atoms with Gasteiger partial charge in [0.25, 0.3) is 0 Å². The van der Waals surface area contributed by atoms with Gasteiger partial charge in [-0.05, 0) is 37.9 Å². The van der Waals surface area contributed by atoms with Crippen LogP contribution in [-0.2, 0) is 4.79 Å². The summed E-state index contributed by atoms with van der Waals surface area (Å²) in [7, 11) is 0. The van der Waals surface area contributed by atoms with Crippen LogP contribution < -0.4 is 11.1 Å². The second kappa shape index (κ2) is 7.61. The van der Waals surface area contributed by atoms with Crippen molar-refractivity contribution in [2.24, 2.45) is 11.1 Å². The van der Waals surface area contributed by atoms with E-state index in [1.165, 1.54) is 0 Å². The minimum Gasteiger partial charge on any atom is -0.376 e. The molecule has 0 aromatic carbocycles. The fraction of sp³-hybridized carbons (Fsp3) is 0.857. The van der Waals surface area contributed by atoms with Crippen molar-refractivity contribution in [3.05, 3.63) is 0 Å². The maximum Gasteiger partial charge on any atom is 0.210 e. The number of rotatable bonds is 7. The molecule has 1 saturated heterocycles.